The van der Waals surface area contributed by atoms with E-state index in [9.17, 15) is 14.0 Å². The lowest BCUT2D eigenvalue weighted by Crippen LogP contribution is -2.41. The molecule has 3 nitrogen and oxygen atoms in total. The molecule has 0 saturated heterocycles. The van der Waals surface area contributed by atoms with Crippen LogP contribution in [0.15, 0.2) is 18.2 Å². The van der Waals surface area contributed by atoms with Gasteiger partial charge < -0.3 is 4.90 Å². The second-order valence-corrected chi connectivity index (χ2v) is 5.63. The van der Waals surface area contributed by atoms with Gasteiger partial charge in [0.05, 0.1) is 5.56 Å². The van der Waals surface area contributed by atoms with Crippen LogP contribution in [-0.2, 0) is 0 Å². The van der Waals surface area contributed by atoms with Gasteiger partial charge in [-0.25, -0.2) is 4.39 Å². The van der Waals surface area contributed by atoms with Crippen LogP contribution in [0.4, 0.5) is 4.39 Å². The Morgan fingerprint density at radius 3 is 2.43 bits per heavy atom. The maximum Gasteiger partial charge on any atom is 0.254 e. The Morgan fingerprint density at radius 2 is 1.90 bits per heavy atom. The standard InChI is InChI=1S/C17H22FNO2/c1-3-19(14-7-5-4-6-8-14)17(21)13-9-10-15(12(2)20)16(18)11-13/h9-11,14H,3-8H2,1-2H3. The summed E-state index contributed by atoms with van der Waals surface area (Å²) in [6.45, 7) is 3.90. The topological polar surface area (TPSA) is 37.4 Å². The summed E-state index contributed by atoms with van der Waals surface area (Å²) in [5.74, 6) is -1.09. The maximum absolute atomic E-state index is 13.9. The monoisotopic (exact) mass is 291 g/mol. The second kappa shape index (κ2) is 6.83. The summed E-state index contributed by atoms with van der Waals surface area (Å²) in [6.07, 6.45) is 5.56. The average molecular weight is 291 g/mol. The maximum atomic E-state index is 13.9. The lowest BCUT2D eigenvalue weighted by molar-refractivity contribution is 0.0647. The van der Waals surface area contributed by atoms with Crippen molar-refractivity contribution in [2.45, 2.75) is 52.0 Å². The molecule has 0 aliphatic heterocycles. The van der Waals surface area contributed by atoms with Crippen LogP contribution in [0.2, 0.25) is 0 Å². The van der Waals surface area contributed by atoms with Gasteiger partial charge in [-0.1, -0.05) is 19.3 Å². The molecular formula is C17H22FNO2. The van der Waals surface area contributed by atoms with E-state index in [1.54, 1.807) is 6.07 Å². The molecule has 1 saturated carbocycles. The quantitative estimate of drug-likeness (QED) is 0.791. The number of carbonyl (C=O) groups is 2. The van der Waals surface area contributed by atoms with Crippen molar-refractivity contribution in [2.75, 3.05) is 6.54 Å². The van der Waals surface area contributed by atoms with Crippen molar-refractivity contribution >= 4 is 11.7 Å². The van der Waals surface area contributed by atoms with Crippen LogP contribution >= 0.6 is 0 Å². The molecule has 2 rings (SSSR count). The van der Waals surface area contributed by atoms with Crippen LogP contribution in [0.3, 0.4) is 0 Å². The number of ketones is 1. The van der Waals surface area contributed by atoms with Crippen molar-refractivity contribution < 1.29 is 14.0 Å². The summed E-state index contributed by atoms with van der Waals surface area (Å²) in [5, 5.41) is 0. The third-order valence-corrected chi connectivity index (χ3v) is 4.21. The van der Waals surface area contributed by atoms with E-state index in [2.05, 4.69) is 0 Å². The number of nitrogens with zero attached hydrogens (tertiary/aromatic N) is 1. The van der Waals surface area contributed by atoms with E-state index < -0.39 is 5.82 Å². The molecule has 21 heavy (non-hydrogen) atoms. The molecular weight excluding hydrogens is 269 g/mol. The number of halogens is 1. The van der Waals surface area contributed by atoms with Crippen LogP contribution < -0.4 is 0 Å². The minimum atomic E-state index is -0.618. The SMILES string of the molecule is CCN(C(=O)c1ccc(C(C)=O)c(F)c1)C1CCCCC1. The number of amides is 1. The molecule has 1 amide bonds. The van der Waals surface area contributed by atoms with Crippen molar-refractivity contribution in [1.29, 1.82) is 0 Å². The fraction of sp³-hybridized carbons (Fsp3) is 0.529. The molecule has 114 valence electrons. The number of hydrogen-bond acceptors (Lipinski definition) is 2. The Kier molecular flexibility index (Phi) is 5.10. The molecule has 1 fully saturated rings. The predicted molar refractivity (Wildman–Crippen MR) is 80.0 cm³/mol. The summed E-state index contributed by atoms with van der Waals surface area (Å²) in [6, 6.07) is 4.39. The Balaban J connectivity index is 2.21. The van der Waals surface area contributed by atoms with Crippen molar-refractivity contribution in [1.82, 2.24) is 4.90 Å². The highest BCUT2D eigenvalue weighted by atomic mass is 19.1. The third-order valence-electron chi connectivity index (χ3n) is 4.21. The van der Waals surface area contributed by atoms with Crippen LogP contribution in [0.1, 0.15) is 66.7 Å². The first kappa shape index (κ1) is 15.7. The van der Waals surface area contributed by atoms with E-state index in [0.29, 0.717) is 12.1 Å². The molecule has 0 radical (unpaired) electrons. The Bertz CT molecular complexity index is 536. The molecule has 1 aliphatic carbocycles. The van der Waals surface area contributed by atoms with E-state index in [1.807, 2.05) is 11.8 Å². The lowest BCUT2D eigenvalue weighted by Gasteiger charge is -2.33. The van der Waals surface area contributed by atoms with E-state index in [1.165, 1.54) is 25.5 Å². The molecule has 0 unspecified atom stereocenters. The van der Waals surface area contributed by atoms with Crippen LogP contribution in [-0.4, -0.2) is 29.2 Å². The Hall–Kier alpha value is -1.71. The summed E-state index contributed by atoms with van der Waals surface area (Å²) >= 11 is 0. The zero-order chi connectivity index (χ0) is 15.4. The van der Waals surface area contributed by atoms with Gasteiger partial charge in [-0.05, 0) is 44.9 Å². The van der Waals surface area contributed by atoms with Gasteiger partial charge in [0.15, 0.2) is 5.78 Å². The fourth-order valence-corrected chi connectivity index (χ4v) is 3.06. The van der Waals surface area contributed by atoms with Gasteiger partial charge in [0.1, 0.15) is 5.82 Å². The summed E-state index contributed by atoms with van der Waals surface area (Å²) in [7, 11) is 0. The molecule has 0 atom stereocenters. The number of carbonyl (C=O) groups excluding carboxylic acids is 2. The number of hydrogen-bond donors (Lipinski definition) is 0. The first-order valence-corrected chi connectivity index (χ1v) is 7.66. The molecule has 0 bridgehead atoms. The van der Waals surface area contributed by atoms with Gasteiger partial charge in [-0.2, -0.15) is 0 Å². The highest BCUT2D eigenvalue weighted by Crippen LogP contribution is 2.24. The average Bonchev–Trinajstić information content (AvgIpc) is 2.48. The molecule has 1 aliphatic rings. The molecule has 1 aromatic carbocycles. The highest BCUT2D eigenvalue weighted by molar-refractivity contribution is 5.98. The lowest BCUT2D eigenvalue weighted by atomic mass is 9.93. The number of benzene rings is 1. The zero-order valence-electron chi connectivity index (χ0n) is 12.7. The minimum Gasteiger partial charge on any atom is -0.336 e. The van der Waals surface area contributed by atoms with Gasteiger partial charge in [0, 0.05) is 18.2 Å². The van der Waals surface area contributed by atoms with Crippen LogP contribution in [0, 0.1) is 5.82 Å². The molecule has 4 heteroatoms. The van der Waals surface area contributed by atoms with Crippen molar-refractivity contribution in [2.24, 2.45) is 0 Å². The molecule has 1 aromatic rings. The van der Waals surface area contributed by atoms with E-state index in [0.717, 1.165) is 25.7 Å². The Labute approximate surface area is 125 Å². The Morgan fingerprint density at radius 1 is 1.24 bits per heavy atom. The first-order chi connectivity index (χ1) is 10.0. The largest absolute Gasteiger partial charge is 0.336 e. The smallest absolute Gasteiger partial charge is 0.254 e. The fourth-order valence-electron chi connectivity index (χ4n) is 3.06. The summed E-state index contributed by atoms with van der Waals surface area (Å²) in [5.41, 5.74) is 0.359. The predicted octanol–water partition coefficient (Wildman–Crippen LogP) is 3.82. The van der Waals surface area contributed by atoms with E-state index in [4.69, 9.17) is 0 Å². The number of Topliss-reactive ketones (excluding diaryl/α,β-unsaturated/α-hetero) is 1. The van der Waals surface area contributed by atoms with Gasteiger partial charge >= 0.3 is 0 Å². The normalized spacial score (nSPS) is 15.8. The summed E-state index contributed by atoms with van der Waals surface area (Å²) < 4.78 is 13.9. The van der Waals surface area contributed by atoms with Crippen LogP contribution in [0.5, 0.6) is 0 Å². The van der Waals surface area contributed by atoms with Crippen molar-refractivity contribution in [3.63, 3.8) is 0 Å². The first-order valence-electron chi connectivity index (χ1n) is 7.66. The van der Waals surface area contributed by atoms with E-state index >= 15 is 0 Å². The molecule has 0 spiro atoms. The molecule has 0 N–H and O–H groups in total. The van der Waals surface area contributed by atoms with Crippen molar-refractivity contribution in [3.05, 3.63) is 35.1 Å². The van der Waals surface area contributed by atoms with Crippen LogP contribution in [0.25, 0.3) is 0 Å². The van der Waals surface area contributed by atoms with Gasteiger partial charge in [0.25, 0.3) is 5.91 Å². The summed E-state index contributed by atoms with van der Waals surface area (Å²) in [4.78, 5) is 25.7. The number of rotatable bonds is 4. The second-order valence-electron chi connectivity index (χ2n) is 5.63. The van der Waals surface area contributed by atoms with Gasteiger partial charge in [-0.3, -0.25) is 9.59 Å². The van der Waals surface area contributed by atoms with Gasteiger partial charge in [0.2, 0.25) is 0 Å². The van der Waals surface area contributed by atoms with Gasteiger partial charge in [-0.15, -0.1) is 0 Å². The third kappa shape index (κ3) is 3.49. The van der Waals surface area contributed by atoms with E-state index in [-0.39, 0.29) is 23.3 Å². The zero-order valence-corrected chi connectivity index (χ0v) is 12.7. The highest BCUT2D eigenvalue weighted by Gasteiger charge is 2.25. The molecule has 0 aromatic heterocycles. The van der Waals surface area contributed by atoms with Crippen molar-refractivity contribution in [3.8, 4) is 0 Å². The molecule has 0 heterocycles. The minimum absolute atomic E-state index is 0.0345.